The second-order valence-electron chi connectivity index (χ2n) is 3.62. The van der Waals surface area contributed by atoms with Crippen molar-refractivity contribution < 1.29 is 51.9 Å². The Balaban J connectivity index is 0.00000162. The fourth-order valence-corrected chi connectivity index (χ4v) is 1.63. The molecule has 0 aromatic rings. The van der Waals surface area contributed by atoms with Gasteiger partial charge in [0.2, 0.25) is 0 Å². The predicted molar refractivity (Wildman–Crippen MR) is 57.8 cm³/mol. The molecule has 18 heavy (non-hydrogen) atoms. The number of hydrogen-bond acceptors (Lipinski definition) is 4. The van der Waals surface area contributed by atoms with Crippen LogP contribution in [0.1, 0.15) is 6.92 Å². The van der Waals surface area contributed by atoms with E-state index in [0.29, 0.717) is 0 Å². The summed E-state index contributed by atoms with van der Waals surface area (Å²) in [5.74, 6) is -1.78. The Labute approximate surface area is 128 Å². The third-order valence-electron chi connectivity index (χ3n) is 2.51. The van der Waals surface area contributed by atoms with Gasteiger partial charge in [0.1, 0.15) is 5.78 Å². The van der Waals surface area contributed by atoms with Crippen LogP contribution in [0.5, 0.6) is 0 Å². The summed E-state index contributed by atoms with van der Waals surface area (Å²) < 4.78 is 0. The fraction of sp³-hybridized carbons (Fsp3) is 0.0769. The van der Waals surface area contributed by atoms with Crippen LogP contribution in [0, 0.1) is 6.08 Å². The maximum atomic E-state index is 11.7. The summed E-state index contributed by atoms with van der Waals surface area (Å²) in [6, 6.07) is 0. The van der Waals surface area contributed by atoms with Gasteiger partial charge in [0.15, 0.2) is 5.78 Å². The summed E-state index contributed by atoms with van der Waals surface area (Å²) in [6.07, 6.45) is 6.68. The van der Waals surface area contributed by atoms with Gasteiger partial charge in [-0.25, -0.2) is 0 Å². The maximum absolute atomic E-state index is 11.7. The van der Waals surface area contributed by atoms with Crippen molar-refractivity contribution in [3.05, 3.63) is 47.1 Å². The molecule has 0 spiro atoms. The van der Waals surface area contributed by atoms with E-state index in [-0.39, 0.29) is 55.2 Å². The first kappa shape index (κ1) is 14.8. The van der Waals surface area contributed by atoms with Crippen LogP contribution < -0.4 is 0 Å². The second-order valence-corrected chi connectivity index (χ2v) is 3.62. The van der Waals surface area contributed by atoms with Gasteiger partial charge in [0, 0.05) is 32.7 Å². The van der Waals surface area contributed by atoms with Crippen molar-refractivity contribution in [2.24, 2.45) is 0 Å². The molecule has 0 atom stereocenters. The molecule has 0 bridgehead atoms. The van der Waals surface area contributed by atoms with Crippen LogP contribution in [0.25, 0.3) is 0 Å². The molecule has 2 aliphatic carbocycles. The molecule has 5 heteroatoms. The Hall–Kier alpha value is -1.26. The average molecular weight is 316 g/mol. The zero-order chi connectivity index (χ0) is 12.6. The van der Waals surface area contributed by atoms with Crippen molar-refractivity contribution >= 4 is 23.1 Å². The van der Waals surface area contributed by atoms with Crippen LogP contribution in [0.15, 0.2) is 41.0 Å². The Morgan fingerprint density at radius 2 is 1.39 bits per heavy atom. The smallest absolute Gasteiger partial charge is 0.173 e. The maximum Gasteiger partial charge on any atom is 0.173 e. The first-order chi connectivity index (χ1) is 8.00. The average Bonchev–Trinajstić information content (AvgIpc) is 2.29. The minimum atomic E-state index is -0.491. The Morgan fingerprint density at radius 1 is 0.833 bits per heavy atom. The molecule has 0 saturated carbocycles. The van der Waals surface area contributed by atoms with Gasteiger partial charge in [-0.15, -0.1) is 0 Å². The van der Waals surface area contributed by atoms with Crippen molar-refractivity contribution in [2.75, 3.05) is 0 Å². The van der Waals surface area contributed by atoms with Crippen LogP contribution in [-0.4, -0.2) is 23.1 Å². The van der Waals surface area contributed by atoms with Crippen LogP contribution >= 0.6 is 0 Å². The molecule has 4 nitrogen and oxygen atoms in total. The van der Waals surface area contributed by atoms with Gasteiger partial charge in [0.05, 0.1) is 11.6 Å². The quantitative estimate of drug-likeness (QED) is 0.520. The number of allylic oxidation sites excluding steroid dienone is 8. The molecule has 0 aliphatic heterocycles. The van der Waals surface area contributed by atoms with Gasteiger partial charge in [-0.1, -0.05) is 23.8 Å². The van der Waals surface area contributed by atoms with Crippen LogP contribution in [0.3, 0.4) is 0 Å². The number of carbonyl (C=O) groups is 4. The molecule has 87 valence electrons. The van der Waals surface area contributed by atoms with E-state index in [1.54, 1.807) is 0 Å². The Bertz CT molecular complexity index is 588. The molecule has 0 saturated heterocycles. The molecule has 2 rings (SSSR count). The third-order valence-corrected chi connectivity index (χ3v) is 2.51. The summed E-state index contributed by atoms with van der Waals surface area (Å²) in [5.41, 5.74) is 0.00866. The summed E-state index contributed by atoms with van der Waals surface area (Å²) in [6.45, 7) is 1.45. The topological polar surface area (TPSA) is 68.3 Å². The van der Waals surface area contributed by atoms with Crippen molar-refractivity contribution in [3.8, 4) is 0 Å². The summed E-state index contributed by atoms with van der Waals surface area (Å²) in [7, 11) is 0. The SMILES string of the molecule is CC1=C(C2=[C-]C(=O)C=CC2=O)C(=O)C=CC1=O.[Y]. The van der Waals surface area contributed by atoms with E-state index in [2.05, 4.69) is 6.08 Å². The number of rotatable bonds is 1. The normalized spacial score (nSPS) is 19.1. The van der Waals surface area contributed by atoms with Crippen molar-refractivity contribution in [3.63, 3.8) is 0 Å². The predicted octanol–water partition coefficient (Wildman–Crippen LogP) is 0.446. The standard InChI is InChI=1S/C13H7O4.Y/c1-7-10(15)4-5-12(17)13(7)9-6-8(14)2-3-11(9)16;/h2-5H,1H3;/q-1;. The zero-order valence-corrected chi connectivity index (χ0v) is 12.4. The van der Waals surface area contributed by atoms with E-state index in [0.717, 1.165) is 24.3 Å². The second kappa shape index (κ2) is 5.59. The Morgan fingerprint density at radius 3 is 2.06 bits per heavy atom. The van der Waals surface area contributed by atoms with Crippen molar-refractivity contribution in [1.29, 1.82) is 0 Å². The molecule has 2 aliphatic rings. The minimum Gasteiger partial charge on any atom is -0.348 e. The molecule has 0 aromatic heterocycles. The molecular formula is C13H7O4Y-. The fourth-order valence-electron chi connectivity index (χ4n) is 1.63. The summed E-state index contributed by atoms with van der Waals surface area (Å²) in [4.78, 5) is 45.8. The number of ketones is 4. The number of carbonyl (C=O) groups excluding carboxylic acids is 4. The van der Waals surface area contributed by atoms with E-state index in [1.807, 2.05) is 0 Å². The Kier molecular flexibility index (Phi) is 4.60. The molecule has 0 aromatic carbocycles. The first-order valence-electron chi connectivity index (χ1n) is 4.89. The molecule has 0 fully saturated rings. The van der Waals surface area contributed by atoms with Gasteiger partial charge in [-0.2, -0.15) is 0 Å². The van der Waals surface area contributed by atoms with Crippen molar-refractivity contribution in [2.45, 2.75) is 6.92 Å². The van der Waals surface area contributed by atoms with Crippen LogP contribution in [0.4, 0.5) is 0 Å². The molecule has 0 heterocycles. The summed E-state index contributed by atoms with van der Waals surface area (Å²) in [5, 5.41) is 0. The van der Waals surface area contributed by atoms with Gasteiger partial charge in [-0.05, 0) is 30.2 Å². The van der Waals surface area contributed by atoms with Gasteiger partial charge in [-0.3, -0.25) is 4.79 Å². The van der Waals surface area contributed by atoms with Gasteiger partial charge in [0.25, 0.3) is 0 Å². The van der Waals surface area contributed by atoms with Gasteiger partial charge < -0.3 is 14.4 Å². The van der Waals surface area contributed by atoms with E-state index in [9.17, 15) is 19.2 Å². The minimum absolute atomic E-state index is 0. The van der Waals surface area contributed by atoms with Crippen molar-refractivity contribution in [1.82, 2.24) is 0 Å². The largest absolute Gasteiger partial charge is 0.348 e. The molecule has 0 N–H and O–H groups in total. The van der Waals surface area contributed by atoms with E-state index >= 15 is 0 Å². The van der Waals surface area contributed by atoms with Crippen LogP contribution in [0.2, 0.25) is 0 Å². The molecule has 0 amide bonds. The van der Waals surface area contributed by atoms with E-state index in [4.69, 9.17) is 0 Å². The molecule has 1 radical (unpaired) electrons. The van der Waals surface area contributed by atoms with E-state index < -0.39 is 17.3 Å². The van der Waals surface area contributed by atoms with Crippen LogP contribution in [-0.2, 0) is 51.9 Å². The van der Waals surface area contributed by atoms with E-state index in [1.165, 1.54) is 6.92 Å². The zero-order valence-electron chi connectivity index (χ0n) is 9.52. The third kappa shape index (κ3) is 2.60. The number of hydrogen-bond donors (Lipinski definition) is 0. The van der Waals surface area contributed by atoms with Gasteiger partial charge >= 0.3 is 0 Å². The first-order valence-corrected chi connectivity index (χ1v) is 4.89. The summed E-state index contributed by atoms with van der Waals surface area (Å²) >= 11 is 0. The molecular weight excluding hydrogens is 309 g/mol. The monoisotopic (exact) mass is 316 g/mol. The molecule has 0 unspecified atom stereocenters.